The van der Waals surface area contributed by atoms with E-state index in [1.165, 1.54) is 12.4 Å². The summed E-state index contributed by atoms with van der Waals surface area (Å²) in [6.07, 6.45) is 1.83. The number of rotatable bonds is 3. The van der Waals surface area contributed by atoms with E-state index in [0.717, 1.165) is 16.7 Å². The first-order valence-corrected chi connectivity index (χ1v) is 9.33. The van der Waals surface area contributed by atoms with Crippen molar-refractivity contribution < 1.29 is 13.9 Å². The second-order valence-corrected chi connectivity index (χ2v) is 7.97. The Bertz CT molecular complexity index is 1170. The number of halogens is 2. The number of nitrogens with zero attached hydrogens (tertiary/aromatic N) is 4. The molecule has 0 aliphatic rings. The van der Waals surface area contributed by atoms with E-state index in [1.807, 2.05) is 0 Å². The fraction of sp³-hybridized carbons (Fsp3) is 0.316. The van der Waals surface area contributed by atoms with Crippen LogP contribution in [0.25, 0.3) is 16.7 Å². The highest BCUT2D eigenvalue weighted by atomic mass is 35.5. The zero-order valence-corrected chi connectivity index (χ0v) is 17.5. The van der Waals surface area contributed by atoms with E-state index >= 15 is 0 Å². The van der Waals surface area contributed by atoms with E-state index in [0.29, 0.717) is 0 Å². The molecule has 0 unspecified atom stereocenters. The number of carbonyl (C=O) groups is 1. The summed E-state index contributed by atoms with van der Waals surface area (Å²) in [5.41, 5.74) is 4.32. The van der Waals surface area contributed by atoms with Crippen LogP contribution in [0.1, 0.15) is 39.6 Å². The van der Waals surface area contributed by atoms with Gasteiger partial charge >= 0.3 is 6.09 Å². The van der Waals surface area contributed by atoms with Gasteiger partial charge in [-0.2, -0.15) is 0 Å². The van der Waals surface area contributed by atoms with Crippen molar-refractivity contribution in [2.75, 3.05) is 5.73 Å². The third-order valence-corrected chi connectivity index (χ3v) is 4.21. The number of carbonyl (C=O) groups excluding carboxylic acids is 1. The molecule has 9 nitrogen and oxygen atoms in total. The molecule has 0 saturated heterocycles. The van der Waals surface area contributed by atoms with E-state index in [4.69, 9.17) is 22.1 Å². The predicted molar refractivity (Wildman–Crippen MR) is 110 cm³/mol. The van der Waals surface area contributed by atoms with E-state index < -0.39 is 29.1 Å². The number of amides is 1. The summed E-state index contributed by atoms with van der Waals surface area (Å²) in [6.45, 7) is 6.77. The topological polar surface area (TPSA) is 125 Å². The molecule has 0 aliphatic carbocycles. The summed E-state index contributed by atoms with van der Waals surface area (Å²) < 4.78 is 20.3. The molecule has 30 heavy (non-hydrogen) atoms. The highest BCUT2D eigenvalue weighted by Crippen LogP contribution is 2.24. The van der Waals surface area contributed by atoms with Crippen molar-refractivity contribution in [1.82, 2.24) is 24.8 Å². The lowest BCUT2D eigenvalue weighted by atomic mass is 10.2. The predicted octanol–water partition coefficient (Wildman–Crippen LogP) is 3.14. The number of alkyl carbamates (subject to hydrolysis) is 1. The van der Waals surface area contributed by atoms with Crippen LogP contribution in [0.3, 0.4) is 0 Å². The third-order valence-electron chi connectivity index (χ3n) is 3.92. The Kier molecular flexibility index (Phi) is 5.62. The van der Waals surface area contributed by atoms with Crippen molar-refractivity contribution in [3.63, 3.8) is 0 Å². The lowest BCUT2D eigenvalue weighted by Crippen LogP contribution is -2.37. The largest absolute Gasteiger partial charge is 0.444 e. The minimum Gasteiger partial charge on any atom is -0.444 e. The summed E-state index contributed by atoms with van der Waals surface area (Å²) in [5, 5.41) is 2.54. The van der Waals surface area contributed by atoms with Gasteiger partial charge in [-0.05, 0) is 39.8 Å². The SMILES string of the molecule is C[C@H](NC(=O)OC(C)(C)C)c1nc2c(Cl)cc(F)cc2c(=O)n1-c1cnc(N)cn1. The molecule has 2 heterocycles. The van der Waals surface area contributed by atoms with E-state index in [-0.39, 0.29) is 33.4 Å². The van der Waals surface area contributed by atoms with Crippen molar-refractivity contribution in [1.29, 1.82) is 0 Å². The summed E-state index contributed by atoms with van der Waals surface area (Å²) >= 11 is 6.12. The van der Waals surface area contributed by atoms with Gasteiger partial charge in [-0.15, -0.1) is 0 Å². The highest BCUT2D eigenvalue weighted by Gasteiger charge is 2.24. The molecule has 0 fully saturated rings. The fourth-order valence-electron chi connectivity index (χ4n) is 2.74. The summed E-state index contributed by atoms with van der Waals surface area (Å²) in [7, 11) is 0. The van der Waals surface area contributed by atoms with Crippen molar-refractivity contribution in [2.45, 2.75) is 39.3 Å². The molecular formula is C19H20ClFN6O3. The maximum Gasteiger partial charge on any atom is 0.408 e. The lowest BCUT2D eigenvalue weighted by Gasteiger charge is -2.23. The molecule has 11 heteroatoms. The molecule has 0 spiro atoms. The Hall–Kier alpha value is -3.27. The molecule has 0 saturated carbocycles. The molecule has 3 rings (SSSR count). The zero-order valence-electron chi connectivity index (χ0n) is 16.7. The van der Waals surface area contributed by atoms with Gasteiger partial charge in [0.25, 0.3) is 5.56 Å². The average molecular weight is 435 g/mol. The Balaban J connectivity index is 2.20. The molecule has 2 aromatic heterocycles. The minimum absolute atomic E-state index is 0.0386. The van der Waals surface area contributed by atoms with Gasteiger partial charge in [-0.3, -0.25) is 4.79 Å². The summed E-state index contributed by atoms with van der Waals surface area (Å²) in [6, 6.07) is 1.30. The summed E-state index contributed by atoms with van der Waals surface area (Å²) in [4.78, 5) is 37.9. The van der Waals surface area contributed by atoms with Crippen molar-refractivity contribution >= 4 is 34.4 Å². The molecule has 0 bridgehead atoms. The normalized spacial score (nSPS) is 12.6. The van der Waals surface area contributed by atoms with Crippen LogP contribution >= 0.6 is 11.6 Å². The Labute approximate surface area is 176 Å². The van der Waals surface area contributed by atoms with E-state index in [9.17, 15) is 14.0 Å². The maximum atomic E-state index is 13.9. The number of hydrogen-bond acceptors (Lipinski definition) is 7. The number of anilines is 1. The summed E-state index contributed by atoms with van der Waals surface area (Å²) in [5.74, 6) is -0.340. The number of nitrogen functional groups attached to an aromatic ring is 1. The van der Waals surface area contributed by atoms with Crippen LogP contribution in [0.2, 0.25) is 5.02 Å². The maximum absolute atomic E-state index is 13.9. The van der Waals surface area contributed by atoms with Crippen molar-refractivity contribution in [2.24, 2.45) is 0 Å². The second-order valence-electron chi connectivity index (χ2n) is 7.56. The van der Waals surface area contributed by atoms with Crippen LogP contribution in [0.4, 0.5) is 15.0 Å². The molecule has 3 N–H and O–H groups in total. The molecular weight excluding hydrogens is 415 g/mol. The van der Waals surface area contributed by atoms with Gasteiger partial charge in [-0.1, -0.05) is 11.6 Å². The zero-order chi connectivity index (χ0) is 22.2. The fourth-order valence-corrected chi connectivity index (χ4v) is 2.99. The lowest BCUT2D eigenvalue weighted by molar-refractivity contribution is 0.0505. The van der Waals surface area contributed by atoms with E-state index in [2.05, 4.69) is 20.3 Å². The second kappa shape index (κ2) is 7.86. The monoisotopic (exact) mass is 434 g/mol. The first kappa shape index (κ1) is 21.4. The van der Waals surface area contributed by atoms with Gasteiger partial charge in [0.15, 0.2) is 5.82 Å². The minimum atomic E-state index is -0.794. The number of nitrogens with one attached hydrogen (secondary N) is 1. The first-order valence-electron chi connectivity index (χ1n) is 8.95. The van der Waals surface area contributed by atoms with Crippen LogP contribution in [-0.4, -0.2) is 31.2 Å². The van der Waals surface area contributed by atoms with Crippen molar-refractivity contribution in [3.05, 3.63) is 51.5 Å². The molecule has 1 aromatic carbocycles. The Morgan fingerprint density at radius 3 is 2.60 bits per heavy atom. The number of aromatic nitrogens is 4. The Morgan fingerprint density at radius 1 is 1.30 bits per heavy atom. The van der Waals surface area contributed by atoms with E-state index in [1.54, 1.807) is 27.7 Å². The Morgan fingerprint density at radius 2 is 2.00 bits per heavy atom. The van der Waals surface area contributed by atoms with Crippen LogP contribution in [-0.2, 0) is 4.74 Å². The van der Waals surface area contributed by atoms with Crippen LogP contribution in [0, 0.1) is 5.82 Å². The van der Waals surface area contributed by atoms with Gasteiger partial charge in [0.05, 0.1) is 34.4 Å². The average Bonchev–Trinajstić information content (AvgIpc) is 2.61. The molecule has 1 amide bonds. The van der Waals surface area contributed by atoms with Crippen LogP contribution in [0.15, 0.2) is 29.3 Å². The third kappa shape index (κ3) is 4.48. The molecule has 0 radical (unpaired) electrons. The molecule has 1 atom stereocenters. The molecule has 0 aliphatic heterocycles. The van der Waals surface area contributed by atoms with Crippen LogP contribution in [0.5, 0.6) is 0 Å². The highest BCUT2D eigenvalue weighted by molar-refractivity contribution is 6.35. The van der Waals surface area contributed by atoms with Gasteiger partial charge in [0.2, 0.25) is 0 Å². The van der Waals surface area contributed by atoms with Gasteiger partial charge in [0.1, 0.15) is 23.1 Å². The quantitative estimate of drug-likeness (QED) is 0.648. The number of ether oxygens (including phenoxy) is 1. The standard InChI is InChI=1S/C19H20ClFN6O3/c1-9(25-18(29)30-19(2,3)4)16-26-15-11(5-10(21)6-12(15)20)17(28)27(16)14-8-23-13(22)7-24-14/h5-9H,1-4H3,(H2,22,23)(H,25,29)/t9-/m0/s1. The smallest absolute Gasteiger partial charge is 0.408 e. The van der Waals surface area contributed by atoms with Gasteiger partial charge in [-0.25, -0.2) is 28.7 Å². The van der Waals surface area contributed by atoms with Crippen molar-refractivity contribution in [3.8, 4) is 5.82 Å². The van der Waals surface area contributed by atoms with Gasteiger partial charge < -0.3 is 15.8 Å². The molecule has 3 aromatic rings. The number of hydrogen-bond donors (Lipinski definition) is 2. The van der Waals surface area contributed by atoms with Gasteiger partial charge in [0, 0.05) is 0 Å². The molecule has 158 valence electrons. The first-order chi connectivity index (χ1) is 14.0. The number of fused-ring (bicyclic) bond motifs is 1. The van der Waals surface area contributed by atoms with Crippen LogP contribution < -0.4 is 16.6 Å². The number of nitrogens with two attached hydrogens (primary N) is 1. The number of benzene rings is 1.